The number of aryl methyl sites for hydroxylation is 2. The van der Waals surface area contributed by atoms with E-state index in [1.165, 1.54) is 10.7 Å². The molecule has 6 nitrogen and oxygen atoms in total. The van der Waals surface area contributed by atoms with Gasteiger partial charge in [-0.2, -0.15) is 4.68 Å². The second kappa shape index (κ2) is 5.64. The fourth-order valence-corrected chi connectivity index (χ4v) is 2.48. The number of benzene rings is 2. The molecule has 0 fully saturated rings. The minimum atomic E-state index is -0.605. The quantitative estimate of drug-likeness (QED) is 0.776. The molecule has 1 aromatic heterocycles. The third kappa shape index (κ3) is 2.83. The van der Waals surface area contributed by atoms with Gasteiger partial charge in [-0.25, -0.2) is 4.79 Å². The van der Waals surface area contributed by atoms with Crippen LogP contribution < -0.4 is 5.76 Å². The lowest BCUT2D eigenvalue weighted by molar-refractivity contribution is 0.465. The molecule has 2 aromatic carbocycles. The minimum Gasteiger partial charge on any atom is -0.507 e. The van der Waals surface area contributed by atoms with Crippen LogP contribution in [-0.4, -0.2) is 20.0 Å². The van der Waals surface area contributed by atoms with E-state index in [1.54, 1.807) is 44.2 Å². The van der Waals surface area contributed by atoms with E-state index in [4.69, 9.17) is 4.42 Å². The second-order valence-corrected chi connectivity index (χ2v) is 5.43. The molecular formula is C17H16N2O4. The molecule has 0 aliphatic rings. The van der Waals surface area contributed by atoms with Gasteiger partial charge in [0.2, 0.25) is 0 Å². The van der Waals surface area contributed by atoms with Gasteiger partial charge in [0.1, 0.15) is 11.5 Å². The van der Waals surface area contributed by atoms with Crippen molar-refractivity contribution in [3.63, 3.8) is 0 Å². The molecule has 118 valence electrons. The Morgan fingerprint density at radius 2 is 1.78 bits per heavy atom. The molecule has 0 saturated carbocycles. The number of hydrogen-bond acceptors (Lipinski definition) is 5. The molecular weight excluding hydrogens is 296 g/mol. The van der Waals surface area contributed by atoms with Crippen LogP contribution >= 0.6 is 0 Å². The summed E-state index contributed by atoms with van der Waals surface area (Å²) in [4.78, 5) is 12.0. The highest BCUT2D eigenvalue weighted by Crippen LogP contribution is 2.26. The first-order chi connectivity index (χ1) is 11.0. The normalized spacial score (nSPS) is 10.9. The Kier molecular flexibility index (Phi) is 3.65. The fourth-order valence-electron chi connectivity index (χ4n) is 2.48. The lowest BCUT2D eigenvalue weighted by Gasteiger charge is -2.07. The molecule has 0 radical (unpaired) electrons. The van der Waals surface area contributed by atoms with E-state index >= 15 is 0 Å². The third-order valence-electron chi connectivity index (χ3n) is 3.62. The number of hydrogen-bond donors (Lipinski definition) is 2. The first kappa shape index (κ1) is 14.9. The summed E-state index contributed by atoms with van der Waals surface area (Å²) in [7, 11) is 0. The number of aromatic nitrogens is 2. The minimum absolute atomic E-state index is 0.00257. The molecule has 3 rings (SSSR count). The van der Waals surface area contributed by atoms with Gasteiger partial charge in [0.25, 0.3) is 5.89 Å². The lowest BCUT2D eigenvalue weighted by Crippen LogP contribution is -2.16. The molecule has 23 heavy (non-hydrogen) atoms. The zero-order valence-electron chi connectivity index (χ0n) is 12.8. The zero-order chi connectivity index (χ0) is 16.6. The fraction of sp³-hybridized carbons (Fsp3) is 0.176. The van der Waals surface area contributed by atoms with Crippen molar-refractivity contribution >= 4 is 0 Å². The van der Waals surface area contributed by atoms with Crippen LogP contribution in [0, 0.1) is 13.8 Å². The van der Waals surface area contributed by atoms with Gasteiger partial charge in [0, 0.05) is 0 Å². The molecule has 0 amide bonds. The van der Waals surface area contributed by atoms with Crippen molar-refractivity contribution in [1.82, 2.24) is 9.78 Å². The maximum Gasteiger partial charge on any atom is 0.437 e. The molecule has 0 saturated heterocycles. The average molecular weight is 312 g/mol. The molecule has 0 aliphatic heterocycles. The van der Waals surface area contributed by atoms with Gasteiger partial charge in [0.15, 0.2) is 0 Å². The summed E-state index contributed by atoms with van der Waals surface area (Å²) >= 11 is 0. The van der Waals surface area contributed by atoms with E-state index in [-0.39, 0.29) is 23.9 Å². The van der Waals surface area contributed by atoms with Crippen LogP contribution in [0.25, 0.3) is 11.5 Å². The van der Waals surface area contributed by atoms with Crippen LogP contribution in [0.5, 0.6) is 11.5 Å². The first-order valence-electron chi connectivity index (χ1n) is 7.11. The van der Waals surface area contributed by atoms with Gasteiger partial charge in [-0.05, 0) is 42.7 Å². The number of aromatic hydroxyl groups is 2. The van der Waals surface area contributed by atoms with Gasteiger partial charge >= 0.3 is 5.76 Å². The van der Waals surface area contributed by atoms with Gasteiger partial charge in [-0.1, -0.05) is 24.3 Å². The Morgan fingerprint density at radius 1 is 1.13 bits per heavy atom. The monoisotopic (exact) mass is 312 g/mol. The van der Waals surface area contributed by atoms with Crippen LogP contribution in [0.1, 0.15) is 16.7 Å². The van der Waals surface area contributed by atoms with E-state index in [0.29, 0.717) is 5.56 Å². The highest BCUT2D eigenvalue weighted by Gasteiger charge is 2.14. The van der Waals surface area contributed by atoms with Gasteiger partial charge in [-0.3, -0.25) is 0 Å². The molecule has 0 aliphatic carbocycles. The van der Waals surface area contributed by atoms with Crippen molar-refractivity contribution in [2.45, 2.75) is 20.4 Å². The van der Waals surface area contributed by atoms with Crippen LogP contribution in [0.2, 0.25) is 0 Å². The second-order valence-electron chi connectivity index (χ2n) is 5.43. The van der Waals surface area contributed by atoms with Crippen molar-refractivity contribution in [2.24, 2.45) is 0 Å². The van der Waals surface area contributed by atoms with E-state index in [2.05, 4.69) is 5.10 Å². The van der Waals surface area contributed by atoms with E-state index in [0.717, 1.165) is 16.7 Å². The average Bonchev–Trinajstić information content (AvgIpc) is 2.86. The number of nitrogens with zero attached hydrogens (tertiary/aromatic N) is 2. The van der Waals surface area contributed by atoms with E-state index < -0.39 is 5.76 Å². The van der Waals surface area contributed by atoms with Crippen LogP contribution in [0.4, 0.5) is 0 Å². The molecule has 0 bridgehead atoms. The van der Waals surface area contributed by atoms with Crippen molar-refractivity contribution < 1.29 is 14.6 Å². The van der Waals surface area contributed by atoms with Crippen molar-refractivity contribution in [2.75, 3.05) is 0 Å². The number of rotatable bonds is 3. The van der Waals surface area contributed by atoms with Crippen molar-refractivity contribution in [3.05, 3.63) is 63.6 Å². The van der Waals surface area contributed by atoms with Crippen LogP contribution in [-0.2, 0) is 6.54 Å². The van der Waals surface area contributed by atoms with Gasteiger partial charge < -0.3 is 14.6 Å². The smallest absolute Gasteiger partial charge is 0.437 e. The third-order valence-corrected chi connectivity index (χ3v) is 3.62. The first-order valence-corrected chi connectivity index (χ1v) is 7.11. The Labute approximate surface area is 132 Å². The lowest BCUT2D eigenvalue weighted by atomic mass is 10.1. The van der Waals surface area contributed by atoms with E-state index in [9.17, 15) is 15.0 Å². The molecule has 6 heteroatoms. The molecule has 0 atom stereocenters. The van der Waals surface area contributed by atoms with Crippen LogP contribution in [0.3, 0.4) is 0 Å². The van der Waals surface area contributed by atoms with Gasteiger partial charge in [-0.15, -0.1) is 5.10 Å². The topological polar surface area (TPSA) is 88.5 Å². The largest absolute Gasteiger partial charge is 0.507 e. The number of phenols is 2. The maximum absolute atomic E-state index is 12.0. The Bertz CT molecular complexity index is 901. The Morgan fingerprint density at radius 3 is 2.43 bits per heavy atom. The van der Waals surface area contributed by atoms with Crippen LogP contribution in [0.15, 0.2) is 45.6 Å². The summed E-state index contributed by atoms with van der Waals surface area (Å²) in [5, 5.41) is 23.8. The van der Waals surface area contributed by atoms with Crippen molar-refractivity contribution in [1.29, 1.82) is 0 Å². The predicted octanol–water partition coefficient (Wildman–Crippen LogP) is 2.58. The SMILES string of the molecule is Cc1cc(Cn2nc(-c3ccccc3O)oc2=O)cc(C)c1O. The predicted molar refractivity (Wildman–Crippen MR) is 84.5 cm³/mol. The Hall–Kier alpha value is -3.02. The van der Waals surface area contributed by atoms with Gasteiger partial charge in [0.05, 0.1) is 12.1 Å². The van der Waals surface area contributed by atoms with Crippen molar-refractivity contribution in [3.8, 4) is 23.0 Å². The Balaban J connectivity index is 1.97. The summed E-state index contributed by atoms with van der Waals surface area (Å²) < 4.78 is 6.31. The maximum atomic E-state index is 12.0. The highest BCUT2D eigenvalue weighted by atomic mass is 16.4. The van der Waals surface area contributed by atoms with E-state index in [1.807, 2.05) is 0 Å². The summed E-state index contributed by atoms with van der Waals surface area (Å²) in [6.45, 7) is 3.81. The number of phenolic OH excluding ortho intramolecular Hbond substituents is 2. The molecule has 2 N–H and O–H groups in total. The molecule has 0 spiro atoms. The molecule has 3 aromatic rings. The number of para-hydroxylation sites is 1. The highest BCUT2D eigenvalue weighted by molar-refractivity contribution is 5.61. The zero-order valence-corrected chi connectivity index (χ0v) is 12.8. The summed E-state index contributed by atoms with van der Waals surface area (Å²) in [5.41, 5.74) is 2.66. The standard InChI is InChI=1S/C17H16N2O4/c1-10-7-12(8-11(2)15(10)21)9-19-17(22)23-16(18-19)13-5-3-4-6-14(13)20/h3-8,20-21H,9H2,1-2H3. The summed E-state index contributed by atoms with van der Waals surface area (Å²) in [6, 6.07) is 10.1. The molecule has 0 unspecified atom stereocenters. The summed E-state index contributed by atoms with van der Waals surface area (Å²) in [5.74, 6) is -0.291. The summed E-state index contributed by atoms with van der Waals surface area (Å²) in [6.07, 6.45) is 0. The molecule has 1 heterocycles.